The van der Waals surface area contributed by atoms with Gasteiger partial charge < -0.3 is 48.3 Å². The van der Waals surface area contributed by atoms with Crippen LogP contribution in [0.4, 0.5) is 0 Å². The number of guanidine groups is 1. The average Bonchev–Trinajstić information content (AvgIpc) is 3.64. The second kappa shape index (κ2) is 25.9. The zero-order valence-corrected chi connectivity index (χ0v) is 34.9. The van der Waals surface area contributed by atoms with Gasteiger partial charge in [-0.1, -0.05) is 53.9 Å². The molecule has 8 atom stereocenters. The molecule has 1 heterocycles. The van der Waals surface area contributed by atoms with Gasteiger partial charge in [-0.25, -0.2) is 0 Å². The molecule has 314 valence electrons. The molecule has 10 N–H and O–H groups in total. The second-order valence-corrected chi connectivity index (χ2v) is 15.2. The zero-order valence-electron chi connectivity index (χ0n) is 34.1. The van der Waals surface area contributed by atoms with Gasteiger partial charge in [0.1, 0.15) is 36.3 Å². The minimum Gasteiger partial charge on any atom is -0.370 e. The summed E-state index contributed by atoms with van der Waals surface area (Å²) >= 11 is 1.49. The van der Waals surface area contributed by atoms with E-state index in [1.54, 1.807) is 13.8 Å². The van der Waals surface area contributed by atoms with Crippen LogP contribution in [0.5, 0.6) is 0 Å². The van der Waals surface area contributed by atoms with E-state index in [1.807, 2.05) is 34.0 Å². The van der Waals surface area contributed by atoms with E-state index in [2.05, 4.69) is 36.9 Å². The molecule has 7 amide bonds. The monoisotopic (exact) mass is 796 g/mol. The fourth-order valence-corrected chi connectivity index (χ4v) is 6.76. The molecule has 1 aliphatic heterocycles. The smallest absolute Gasteiger partial charge is 0.245 e. The van der Waals surface area contributed by atoms with E-state index >= 15 is 0 Å². The van der Waals surface area contributed by atoms with E-state index in [-0.39, 0.29) is 55.4 Å². The highest BCUT2D eigenvalue weighted by atomic mass is 32.2. The Morgan fingerprint density at radius 1 is 0.764 bits per heavy atom. The van der Waals surface area contributed by atoms with Crippen LogP contribution in [-0.2, 0) is 33.6 Å². The van der Waals surface area contributed by atoms with Gasteiger partial charge in [0.05, 0.1) is 0 Å². The maximum atomic E-state index is 14.0. The molecule has 55 heavy (non-hydrogen) atoms. The van der Waals surface area contributed by atoms with Gasteiger partial charge in [0, 0.05) is 26.6 Å². The maximum absolute atomic E-state index is 14.0. The number of likely N-dealkylation sites (tertiary alicyclic amines) is 1. The van der Waals surface area contributed by atoms with Crippen molar-refractivity contribution in [2.24, 2.45) is 28.3 Å². The summed E-state index contributed by atoms with van der Waals surface area (Å²) in [4.78, 5) is 99.1. The number of carbonyl (C=O) groups is 7. The highest BCUT2D eigenvalue weighted by molar-refractivity contribution is 7.98. The number of hydrogen-bond donors (Lipinski definition) is 8. The lowest BCUT2D eigenvalue weighted by Crippen LogP contribution is -2.61. The normalized spacial score (nSPS) is 17.6. The molecule has 0 spiro atoms. The lowest BCUT2D eigenvalue weighted by atomic mass is 9.96. The van der Waals surface area contributed by atoms with Crippen molar-refractivity contribution in [2.45, 2.75) is 143 Å². The van der Waals surface area contributed by atoms with Crippen molar-refractivity contribution in [3.8, 4) is 0 Å². The van der Waals surface area contributed by atoms with E-state index < -0.39 is 65.8 Å². The molecule has 1 saturated heterocycles. The average molecular weight is 797 g/mol. The highest BCUT2D eigenvalue weighted by Gasteiger charge is 2.39. The first kappa shape index (κ1) is 48.9. The molecular formula is C37H68N10O7S. The summed E-state index contributed by atoms with van der Waals surface area (Å²) in [6.45, 7) is 13.4. The molecule has 1 aliphatic rings. The number of rotatable bonds is 25. The van der Waals surface area contributed by atoms with Crippen molar-refractivity contribution in [3.63, 3.8) is 0 Å². The number of carbonyl (C=O) groups excluding carboxylic acids is 7. The van der Waals surface area contributed by atoms with E-state index in [1.165, 1.54) is 23.6 Å². The van der Waals surface area contributed by atoms with Gasteiger partial charge in [0.15, 0.2) is 5.96 Å². The summed E-state index contributed by atoms with van der Waals surface area (Å²) in [6.07, 6.45) is 5.71. The van der Waals surface area contributed by atoms with Crippen molar-refractivity contribution in [1.82, 2.24) is 36.8 Å². The second-order valence-electron chi connectivity index (χ2n) is 14.2. The van der Waals surface area contributed by atoms with E-state index in [0.717, 1.165) is 0 Å². The quantitative estimate of drug-likeness (QED) is 0.0355. The van der Waals surface area contributed by atoms with Crippen molar-refractivity contribution in [1.29, 1.82) is 0 Å². The summed E-state index contributed by atoms with van der Waals surface area (Å²) in [6, 6.07) is -5.62. The number of aliphatic imine (C=N–C) groups is 1. The molecular weight excluding hydrogens is 729 g/mol. The van der Waals surface area contributed by atoms with Crippen LogP contribution in [-0.4, -0.2) is 120 Å². The van der Waals surface area contributed by atoms with Crippen molar-refractivity contribution < 1.29 is 33.6 Å². The molecule has 0 radical (unpaired) electrons. The van der Waals surface area contributed by atoms with Crippen LogP contribution >= 0.6 is 11.8 Å². The fourth-order valence-electron chi connectivity index (χ4n) is 6.29. The highest BCUT2D eigenvalue weighted by Crippen LogP contribution is 2.20. The lowest BCUT2D eigenvalue weighted by molar-refractivity contribution is -0.142. The summed E-state index contributed by atoms with van der Waals surface area (Å²) in [5, 5.41) is 16.7. The van der Waals surface area contributed by atoms with Crippen molar-refractivity contribution >= 4 is 59.1 Å². The summed E-state index contributed by atoms with van der Waals surface area (Å²) in [5.41, 5.74) is 11.0. The van der Waals surface area contributed by atoms with Crippen LogP contribution in [0, 0.1) is 11.8 Å². The number of amides is 7. The zero-order chi connectivity index (χ0) is 41.7. The maximum Gasteiger partial charge on any atom is 0.245 e. The number of nitrogens with one attached hydrogen (secondary N) is 6. The van der Waals surface area contributed by atoms with Crippen LogP contribution in [0.3, 0.4) is 0 Å². The molecule has 0 bridgehead atoms. The molecule has 17 nitrogen and oxygen atoms in total. The van der Waals surface area contributed by atoms with Crippen LogP contribution in [0.25, 0.3) is 0 Å². The van der Waals surface area contributed by atoms with Crippen LogP contribution < -0.4 is 43.4 Å². The number of likely N-dealkylation sites (N-methyl/N-ethyl adjacent to an activating group) is 1. The first-order valence-electron chi connectivity index (χ1n) is 19.7. The first-order valence-corrected chi connectivity index (χ1v) is 21.1. The van der Waals surface area contributed by atoms with E-state index in [0.29, 0.717) is 57.4 Å². The number of thioether (sulfide) groups is 1. The third kappa shape index (κ3) is 16.7. The van der Waals surface area contributed by atoms with Gasteiger partial charge in [0.25, 0.3) is 0 Å². The van der Waals surface area contributed by atoms with E-state index in [4.69, 9.17) is 11.5 Å². The Balaban J connectivity index is 3.31. The van der Waals surface area contributed by atoms with Gasteiger partial charge >= 0.3 is 0 Å². The Labute approximate surface area is 331 Å². The minimum absolute atomic E-state index is 0.103. The third-order valence-electron chi connectivity index (χ3n) is 9.85. The molecule has 0 aliphatic carbocycles. The summed E-state index contributed by atoms with van der Waals surface area (Å²) in [5.74, 6) is -3.40. The molecule has 0 saturated carbocycles. The van der Waals surface area contributed by atoms with E-state index in [9.17, 15) is 33.6 Å². The van der Waals surface area contributed by atoms with Crippen LogP contribution in [0.15, 0.2) is 4.99 Å². The van der Waals surface area contributed by atoms with Gasteiger partial charge in [-0.15, -0.1) is 0 Å². The SMILES string of the molecule is CCC[C@H](NC(=O)[C@H](CCSC)NC(=O)[C@H](NC(C)=O)[C@@H](C)CC)C(=O)N[C@H](C(=O)N[C@@H](CCCN=C(N)N)C(=O)N1CCC[C@H]1C(=O)NCC)[C@@H](C)CC. The largest absolute Gasteiger partial charge is 0.370 e. The molecule has 1 fully saturated rings. The van der Waals surface area contributed by atoms with Gasteiger partial charge in [-0.3, -0.25) is 38.6 Å². The number of nitrogens with zero attached hydrogens (tertiary/aromatic N) is 2. The predicted octanol–water partition coefficient (Wildman–Crippen LogP) is 0.256. The Bertz CT molecular complexity index is 1310. The van der Waals surface area contributed by atoms with Gasteiger partial charge in [-0.2, -0.15) is 11.8 Å². The number of nitrogens with two attached hydrogens (primary N) is 2. The Hall–Kier alpha value is -4.09. The molecule has 0 aromatic carbocycles. The summed E-state index contributed by atoms with van der Waals surface area (Å²) in [7, 11) is 0. The van der Waals surface area contributed by atoms with Crippen molar-refractivity contribution in [3.05, 3.63) is 0 Å². The molecule has 0 aromatic heterocycles. The summed E-state index contributed by atoms with van der Waals surface area (Å²) < 4.78 is 0. The van der Waals surface area contributed by atoms with Gasteiger partial charge in [-0.05, 0) is 69.3 Å². The minimum atomic E-state index is -1.07. The van der Waals surface area contributed by atoms with Crippen molar-refractivity contribution in [2.75, 3.05) is 31.6 Å². The molecule has 0 aromatic rings. The van der Waals surface area contributed by atoms with Crippen LogP contribution in [0.2, 0.25) is 0 Å². The Kier molecular flexibility index (Phi) is 23.0. The topological polar surface area (TPSA) is 259 Å². The standard InChI is InChI=1S/C37H68N10O7S/c1-9-15-25(43-31(49)26(18-21-55-8)44-34(52)29(22(5)10-2)42-24(7)48)32(50)46-30(23(6)11-3)35(53)45-27(16-13-19-41-37(38)39)36(54)47-20-14-17-28(47)33(51)40-12-4/h22-23,25-30H,9-21H2,1-8H3,(H,40,51)(H,42,48)(H,43,49)(H,44,52)(H,45,53)(H,46,50)(H4,38,39,41)/t22-,23-,25-,26-,27-,28-,29+,30-/m0/s1. The molecule has 1 rings (SSSR count). The Morgan fingerprint density at radius 2 is 1.31 bits per heavy atom. The molecule has 0 unspecified atom stereocenters. The lowest BCUT2D eigenvalue weighted by Gasteiger charge is -2.31. The Morgan fingerprint density at radius 3 is 1.84 bits per heavy atom. The number of hydrogen-bond acceptors (Lipinski definition) is 9. The fraction of sp³-hybridized carbons (Fsp3) is 0.784. The van der Waals surface area contributed by atoms with Gasteiger partial charge in [0.2, 0.25) is 41.4 Å². The van der Waals surface area contributed by atoms with Crippen LogP contribution in [0.1, 0.15) is 106 Å². The first-order chi connectivity index (χ1) is 26.1. The molecule has 18 heteroatoms. The predicted molar refractivity (Wildman–Crippen MR) is 215 cm³/mol. The third-order valence-corrected chi connectivity index (χ3v) is 10.5.